The summed E-state index contributed by atoms with van der Waals surface area (Å²) in [7, 11) is 1.55. The fraction of sp³-hybridized carbons (Fsp3) is 0.238. The molecule has 6 nitrogen and oxygen atoms in total. The van der Waals surface area contributed by atoms with Crippen LogP contribution < -0.4 is 14.8 Å². The monoisotopic (exact) mass is 401 g/mol. The van der Waals surface area contributed by atoms with Gasteiger partial charge >= 0.3 is 5.97 Å². The van der Waals surface area contributed by atoms with Gasteiger partial charge in [0.1, 0.15) is 0 Å². The summed E-state index contributed by atoms with van der Waals surface area (Å²) in [5, 5.41) is 2.73. The maximum atomic E-state index is 12.0. The van der Waals surface area contributed by atoms with Crippen molar-refractivity contribution in [1.82, 2.24) is 0 Å². The molecule has 0 aliphatic rings. The van der Waals surface area contributed by atoms with E-state index in [1.807, 2.05) is 31.4 Å². The average molecular weight is 401 g/mol. The molecule has 0 aromatic heterocycles. The SMILES string of the molecule is CCOc1ccc(/C=C/C(=O)OCC(=O)Nc2ccccc2SC)cc1OC. The van der Waals surface area contributed by atoms with E-state index in [1.54, 1.807) is 37.5 Å². The van der Waals surface area contributed by atoms with Crippen molar-refractivity contribution in [2.45, 2.75) is 11.8 Å². The van der Waals surface area contributed by atoms with E-state index in [1.165, 1.54) is 17.8 Å². The quantitative estimate of drug-likeness (QED) is 0.389. The minimum absolute atomic E-state index is 0.363. The third kappa shape index (κ3) is 6.35. The number of carbonyl (C=O) groups is 2. The van der Waals surface area contributed by atoms with Crippen LogP contribution in [0.2, 0.25) is 0 Å². The Kier molecular flexibility index (Phi) is 8.42. The largest absolute Gasteiger partial charge is 0.493 e. The van der Waals surface area contributed by atoms with Crippen molar-refractivity contribution in [3.05, 3.63) is 54.1 Å². The third-order valence-corrected chi connectivity index (χ3v) is 4.42. The highest BCUT2D eigenvalue weighted by Gasteiger charge is 2.09. The second-order valence-electron chi connectivity index (χ2n) is 5.53. The zero-order valence-corrected chi connectivity index (χ0v) is 16.9. The predicted octanol–water partition coefficient (Wildman–Crippen LogP) is 4.01. The Bertz CT molecular complexity index is 850. The van der Waals surface area contributed by atoms with E-state index in [-0.39, 0.29) is 6.61 Å². The first kappa shape index (κ1) is 21.4. The average Bonchev–Trinajstić information content (AvgIpc) is 2.72. The maximum absolute atomic E-state index is 12.0. The van der Waals surface area contributed by atoms with E-state index in [4.69, 9.17) is 14.2 Å². The van der Waals surface area contributed by atoms with E-state index in [2.05, 4.69) is 5.32 Å². The molecule has 0 fully saturated rings. The van der Waals surface area contributed by atoms with E-state index in [0.717, 1.165) is 10.5 Å². The van der Waals surface area contributed by atoms with Crippen LogP contribution in [-0.2, 0) is 14.3 Å². The molecular weight excluding hydrogens is 378 g/mol. The molecule has 0 bridgehead atoms. The molecule has 0 heterocycles. The molecule has 0 saturated heterocycles. The van der Waals surface area contributed by atoms with E-state index in [0.29, 0.717) is 23.8 Å². The number of thioether (sulfide) groups is 1. The molecule has 2 rings (SSSR count). The number of methoxy groups -OCH3 is 1. The Morgan fingerprint density at radius 3 is 2.64 bits per heavy atom. The summed E-state index contributed by atoms with van der Waals surface area (Å²) in [5.74, 6) is 0.197. The lowest BCUT2D eigenvalue weighted by atomic mass is 10.2. The van der Waals surface area contributed by atoms with Crippen molar-refractivity contribution in [3.63, 3.8) is 0 Å². The molecule has 0 unspecified atom stereocenters. The van der Waals surface area contributed by atoms with Crippen LogP contribution in [0.5, 0.6) is 11.5 Å². The zero-order valence-electron chi connectivity index (χ0n) is 16.1. The first-order chi connectivity index (χ1) is 13.6. The molecule has 2 aromatic rings. The Labute approximate surface area is 168 Å². The van der Waals surface area contributed by atoms with Crippen molar-refractivity contribution >= 4 is 35.4 Å². The molecule has 148 valence electrons. The number of carbonyl (C=O) groups excluding carboxylic acids is 2. The highest BCUT2D eigenvalue weighted by molar-refractivity contribution is 7.98. The van der Waals surface area contributed by atoms with Crippen molar-refractivity contribution in [2.24, 2.45) is 0 Å². The van der Waals surface area contributed by atoms with E-state index < -0.39 is 11.9 Å². The number of hydrogen-bond acceptors (Lipinski definition) is 6. The molecular formula is C21H23NO5S. The van der Waals surface area contributed by atoms with Gasteiger partial charge in [0.05, 0.1) is 19.4 Å². The summed E-state index contributed by atoms with van der Waals surface area (Å²) >= 11 is 1.52. The third-order valence-electron chi connectivity index (χ3n) is 3.63. The summed E-state index contributed by atoms with van der Waals surface area (Å²) in [6.07, 6.45) is 4.77. The lowest BCUT2D eigenvalue weighted by Gasteiger charge is -2.09. The van der Waals surface area contributed by atoms with Gasteiger partial charge in [-0.05, 0) is 49.1 Å². The Hall–Kier alpha value is -2.93. The van der Waals surface area contributed by atoms with Gasteiger partial charge in [0.15, 0.2) is 18.1 Å². The number of benzene rings is 2. The smallest absolute Gasteiger partial charge is 0.331 e. The summed E-state index contributed by atoms with van der Waals surface area (Å²) < 4.78 is 15.7. The number of amides is 1. The standard InChI is InChI=1S/C21H23NO5S/c1-4-26-17-11-9-15(13-18(17)25-2)10-12-21(24)27-14-20(23)22-16-7-5-6-8-19(16)28-3/h5-13H,4,14H2,1-3H3,(H,22,23)/b12-10+. The number of anilines is 1. The number of ether oxygens (including phenoxy) is 3. The van der Waals surface area contributed by atoms with Crippen molar-refractivity contribution in [2.75, 3.05) is 31.9 Å². The van der Waals surface area contributed by atoms with Crippen molar-refractivity contribution in [1.29, 1.82) is 0 Å². The number of esters is 1. The van der Waals surface area contributed by atoms with Gasteiger partial charge < -0.3 is 19.5 Å². The Morgan fingerprint density at radius 1 is 1.14 bits per heavy atom. The second kappa shape index (κ2) is 11.0. The van der Waals surface area contributed by atoms with Crippen LogP contribution in [0.4, 0.5) is 5.69 Å². The summed E-state index contributed by atoms with van der Waals surface area (Å²) in [4.78, 5) is 24.8. The number of hydrogen-bond donors (Lipinski definition) is 1. The molecule has 0 spiro atoms. The fourth-order valence-electron chi connectivity index (χ4n) is 2.35. The maximum Gasteiger partial charge on any atom is 0.331 e. The lowest BCUT2D eigenvalue weighted by Crippen LogP contribution is -2.20. The van der Waals surface area contributed by atoms with E-state index in [9.17, 15) is 9.59 Å². The highest BCUT2D eigenvalue weighted by atomic mass is 32.2. The highest BCUT2D eigenvalue weighted by Crippen LogP contribution is 2.28. The van der Waals surface area contributed by atoms with Crippen LogP contribution in [-0.4, -0.2) is 38.5 Å². The van der Waals surface area contributed by atoms with Gasteiger partial charge in [0.2, 0.25) is 0 Å². The second-order valence-corrected chi connectivity index (χ2v) is 6.38. The summed E-state index contributed by atoms with van der Waals surface area (Å²) in [5.41, 5.74) is 1.43. The molecule has 0 radical (unpaired) electrons. The van der Waals surface area contributed by atoms with Gasteiger partial charge in [0, 0.05) is 11.0 Å². The molecule has 28 heavy (non-hydrogen) atoms. The van der Waals surface area contributed by atoms with Gasteiger partial charge in [-0.2, -0.15) is 0 Å². The molecule has 7 heteroatoms. The molecule has 2 aromatic carbocycles. The van der Waals surface area contributed by atoms with Gasteiger partial charge in [-0.25, -0.2) is 4.79 Å². The summed E-state index contributed by atoms with van der Waals surface area (Å²) in [6.45, 7) is 2.05. The fourth-order valence-corrected chi connectivity index (χ4v) is 2.90. The zero-order chi connectivity index (χ0) is 20.4. The van der Waals surface area contributed by atoms with Gasteiger partial charge in [-0.15, -0.1) is 11.8 Å². The van der Waals surface area contributed by atoms with Crippen LogP contribution in [0.25, 0.3) is 6.08 Å². The van der Waals surface area contributed by atoms with E-state index >= 15 is 0 Å². The molecule has 0 saturated carbocycles. The Morgan fingerprint density at radius 2 is 1.93 bits per heavy atom. The summed E-state index contributed by atoms with van der Waals surface area (Å²) in [6, 6.07) is 12.7. The van der Waals surface area contributed by atoms with Gasteiger partial charge in [-0.3, -0.25) is 4.79 Å². The van der Waals surface area contributed by atoms with Gasteiger partial charge in [-0.1, -0.05) is 18.2 Å². The molecule has 1 amide bonds. The van der Waals surface area contributed by atoms with Crippen LogP contribution in [0, 0.1) is 0 Å². The minimum Gasteiger partial charge on any atom is -0.493 e. The normalized spacial score (nSPS) is 10.5. The number of para-hydroxylation sites is 1. The van der Waals surface area contributed by atoms with Gasteiger partial charge in [0.25, 0.3) is 5.91 Å². The minimum atomic E-state index is -0.610. The number of rotatable bonds is 9. The van der Waals surface area contributed by atoms with Crippen molar-refractivity contribution in [3.8, 4) is 11.5 Å². The first-order valence-electron chi connectivity index (χ1n) is 8.66. The molecule has 0 aliphatic heterocycles. The first-order valence-corrected chi connectivity index (χ1v) is 9.88. The lowest BCUT2D eigenvalue weighted by molar-refractivity contribution is -0.142. The topological polar surface area (TPSA) is 73.9 Å². The van der Waals surface area contributed by atoms with Crippen molar-refractivity contribution < 1.29 is 23.8 Å². The predicted molar refractivity (Wildman–Crippen MR) is 111 cm³/mol. The Balaban J connectivity index is 1.89. The van der Waals surface area contributed by atoms with Crippen LogP contribution in [0.15, 0.2) is 53.4 Å². The molecule has 1 N–H and O–H groups in total. The molecule has 0 aliphatic carbocycles. The van der Waals surface area contributed by atoms with Crippen LogP contribution in [0.1, 0.15) is 12.5 Å². The van der Waals surface area contributed by atoms with Crippen LogP contribution >= 0.6 is 11.8 Å². The van der Waals surface area contributed by atoms with Crippen LogP contribution in [0.3, 0.4) is 0 Å². The molecule has 0 atom stereocenters. The number of nitrogens with one attached hydrogen (secondary N) is 1.